The minimum absolute atomic E-state index is 0.0576. The fraction of sp³-hybridized carbons (Fsp3) is 0.414. The van der Waals surface area contributed by atoms with E-state index >= 15 is 0 Å². The summed E-state index contributed by atoms with van der Waals surface area (Å²) in [5.41, 5.74) is 4.00. The summed E-state index contributed by atoms with van der Waals surface area (Å²) in [7, 11) is 1.59. The smallest absolute Gasteiger partial charge is 0.315 e. The van der Waals surface area contributed by atoms with E-state index in [0.717, 1.165) is 42.5 Å². The average Bonchev–Trinajstić information content (AvgIpc) is 2.87. The number of nitrogens with zero attached hydrogens (tertiary/aromatic N) is 1. The van der Waals surface area contributed by atoms with E-state index in [1.54, 1.807) is 7.11 Å². The van der Waals surface area contributed by atoms with Gasteiger partial charge in [-0.25, -0.2) is 0 Å². The summed E-state index contributed by atoms with van der Waals surface area (Å²) in [6.45, 7) is 4.68. The van der Waals surface area contributed by atoms with Crippen LogP contribution in [0.1, 0.15) is 63.0 Å². The topological polar surface area (TPSA) is 74.2 Å². The molecule has 0 bridgehead atoms. The van der Waals surface area contributed by atoms with Crippen LogP contribution < -0.4 is 9.47 Å². The molecule has 0 spiro atoms. The Morgan fingerprint density at radius 3 is 2.63 bits per heavy atom. The van der Waals surface area contributed by atoms with E-state index in [-0.39, 0.29) is 11.8 Å². The quantitative estimate of drug-likeness (QED) is 0.339. The molecule has 1 aliphatic heterocycles. The van der Waals surface area contributed by atoms with Gasteiger partial charge in [-0.05, 0) is 49.4 Å². The summed E-state index contributed by atoms with van der Waals surface area (Å²) < 4.78 is 17.3. The number of unbranched alkanes of at least 4 members (excludes halogenated alkanes) is 1. The van der Waals surface area contributed by atoms with Crippen molar-refractivity contribution < 1.29 is 23.8 Å². The van der Waals surface area contributed by atoms with E-state index in [0.29, 0.717) is 42.4 Å². The number of carbonyl (C=O) groups is 2. The molecule has 0 radical (unpaired) electrons. The second kappa shape index (κ2) is 11.3. The second-order valence-corrected chi connectivity index (χ2v) is 9.05. The van der Waals surface area contributed by atoms with Gasteiger partial charge in [0, 0.05) is 29.3 Å². The highest BCUT2D eigenvalue weighted by atomic mass is 16.5. The third-order valence-electron chi connectivity index (χ3n) is 6.61. The minimum Gasteiger partial charge on any atom is -0.493 e. The molecule has 0 fully saturated rings. The summed E-state index contributed by atoms with van der Waals surface area (Å²) in [5, 5.41) is 0. The van der Waals surface area contributed by atoms with E-state index in [2.05, 4.69) is 6.92 Å². The molecule has 2 atom stereocenters. The fourth-order valence-corrected chi connectivity index (χ4v) is 4.81. The van der Waals surface area contributed by atoms with E-state index < -0.39 is 11.8 Å². The first-order chi connectivity index (χ1) is 17.0. The fourth-order valence-electron chi connectivity index (χ4n) is 4.81. The number of Topliss-reactive ketones (excluding diaryl/α,β-unsaturated/α-hetero) is 1. The zero-order valence-corrected chi connectivity index (χ0v) is 20.7. The molecule has 1 unspecified atom stereocenters. The van der Waals surface area contributed by atoms with Crippen molar-refractivity contribution in [3.63, 3.8) is 0 Å². The molecule has 1 heterocycles. The summed E-state index contributed by atoms with van der Waals surface area (Å²) in [4.78, 5) is 31.0. The second-order valence-electron chi connectivity index (χ2n) is 9.05. The predicted molar refractivity (Wildman–Crippen MR) is 135 cm³/mol. The number of methoxy groups -OCH3 is 1. The average molecular weight is 476 g/mol. The van der Waals surface area contributed by atoms with Crippen molar-refractivity contribution in [2.75, 3.05) is 13.7 Å². The molecule has 0 amide bonds. The molecule has 35 heavy (non-hydrogen) atoms. The van der Waals surface area contributed by atoms with E-state index in [9.17, 15) is 9.59 Å². The van der Waals surface area contributed by atoms with Crippen LogP contribution in [0.3, 0.4) is 0 Å². The van der Waals surface area contributed by atoms with Crippen LogP contribution in [-0.4, -0.2) is 31.2 Å². The lowest BCUT2D eigenvalue weighted by atomic mass is 9.71. The Labute approximate surface area is 207 Å². The van der Waals surface area contributed by atoms with Crippen molar-refractivity contribution in [3.8, 4) is 11.5 Å². The van der Waals surface area contributed by atoms with Crippen molar-refractivity contribution in [1.29, 1.82) is 0 Å². The van der Waals surface area contributed by atoms with Gasteiger partial charge in [0.2, 0.25) is 0 Å². The molecule has 184 valence electrons. The van der Waals surface area contributed by atoms with Gasteiger partial charge in [-0.1, -0.05) is 49.7 Å². The summed E-state index contributed by atoms with van der Waals surface area (Å²) in [5.74, 6) is -0.218. The van der Waals surface area contributed by atoms with Gasteiger partial charge >= 0.3 is 5.97 Å². The number of hydrogen-bond donors (Lipinski definition) is 0. The molecule has 6 nitrogen and oxygen atoms in total. The number of ketones is 1. The minimum atomic E-state index is -0.645. The number of allylic oxidation sites excluding steroid dienone is 2. The maximum atomic E-state index is 13.2. The van der Waals surface area contributed by atoms with Crippen LogP contribution in [0.5, 0.6) is 11.5 Å². The third-order valence-corrected chi connectivity index (χ3v) is 6.61. The largest absolute Gasteiger partial charge is 0.493 e. The first-order valence-electron chi connectivity index (χ1n) is 12.4. The van der Waals surface area contributed by atoms with Gasteiger partial charge in [-0.2, -0.15) is 0 Å². The lowest BCUT2D eigenvalue weighted by Gasteiger charge is -2.34. The van der Waals surface area contributed by atoms with Crippen LogP contribution in [0, 0.1) is 5.92 Å². The molecule has 0 aromatic heterocycles. The Bertz CT molecular complexity index is 1140. The predicted octanol–water partition coefficient (Wildman–Crippen LogP) is 5.80. The van der Waals surface area contributed by atoms with Gasteiger partial charge in [0.15, 0.2) is 17.3 Å². The highest BCUT2D eigenvalue weighted by Crippen LogP contribution is 2.45. The monoisotopic (exact) mass is 475 g/mol. The van der Waals surface area contributed by atoms with Crippen LogP contribution in [0.15, 0.2) is 64.8 Å². The molecular weight excluding hydrogens is 442 g/mol. The first-order valence-corrected chi connectivity index (χ1v) is 12.4. The van der Waals surface area contributed by atoms with Gasteiger partial charge in [-0.3, -0.25) is 14.6 Å². The molecule has 2 aromatic carbocycles. The highest BCUT2D eigenvalue weighted by Gasteiger charge is 2.43. The number of carbonyl (C=O) groups excluding carboxylic acids is 2. The van der Waals surface area contributed by atoms with Crippen molar-refractivity contribution in [2.24, 2.45) is 10.9 Å². The first kappa shape index (κ1) is 24.7. The Morgan fingerprint density at radius 2 is 1.89 bits per heavy atom. The zero-order chi connectivity index (χ0) is 24.8. The lowest BCUT2D eigenvalue weighted by Crippen LogP contribution is -2.37. The normalized spacial score (nSPS) is 19.6. The number of esters is 1. The van der Waals surface area contributed by atoms with Crippen molar-refractivity contribution in [2.45, 2.75) is 58.5 Å². The molecule has 1 aliphatic carbocycles. The van der Waals surface area contributed by atoms with Gasteiger partial charge in [0.05, 0.1) is 13.7 Å². The molecule has 2 aromatic rings. The third kappa shape index (κ3) is 5.47. The summed E-state index contributed by atoms with van der Waals surface area (Å²) in [6, 6.07) is 15.6. The molecule has 6 heteroatoms. The Hall–Kier alpha value is -3.41. The van der Waals surface area contributed by atoms with E-state index in [1.807, 2.05) is 55.5 Å². The standard InChI is InChI=1S/C29H33NO5/c1-4-5-16-34-29(32)26-19(2)30-22-12-9-13-23(31)28(22)27(26)21-14-15-24(25(17-21)33-3)35-18-20-10-7-6-8-11-20/h6-8,10-11,14-15,17,26-27H,4-5,9,12-13,16,18H2,1-3H3/t26?,27-/m1/s1. The maximum Gasteiger partial charge on any atom is 0.315 e. The summed E-state index contributed by atoms with van der Waals surface area (Å²) >= 11 is 0. The highest BCUT2D eigenvalue weighted by molar-refractivity contribution is 6.08. The van der Waals surface area contributed by atoms with Crippen molar-refractivity contribution >= 4 is 17.5 Å². The number of benzene rings is 2. The van der Waals surface area contributed by atoms with Crippen LogP contribution in [0.25, 0.3) is 0 Å². The molecule has 0 N–H and O–H groups in total. The maximum absolute atomic E-state index is 13.2. The zero-order valence-electron chi connectivity index (χ0n) is 20.7. The molecule has 0 saturated heterocycles. The number of hydrogen-bond acceptors (Lipinski definition) is 6. The Balaban J connectivity index is 1.68. The van der Waals surface area contributed by atoms with E-state index in [4.69, 9.17) is 19.2 Å². The number of aliphatic imine (C=N–C) groups is 1. The Kier molecular flexibility index (Phi) is 8.01. The van der Waals surface area contributed by atoms with Crippen LogP contribution in [0.4, 0.5) is 0 Å². The van der Waals surface area contributed by atoms with E-state index in [1.165, 1.54) is 0 Å². The van der Waals surface area contributed by atoms with Crippen LogP contribution >= 0.6 is 0 Å². The van der Waals surface area contributed by atoms with Crippen LogP contribution in [0.2, 0.25) is 0 Å². The SMILES string of the molecule is CCCCOC(=O)C1C(C)=NC2=C(C(=O)CCC2)[C@@H]1c1ccc(OCc2ccccc2)c(OC)c1. The van der Waals surface area contributed by atoms with Crippen molar-refractivity contribution in [3.05, 3.63) is 70.9 Å². The van der Waals surface area contributed by atoms with Crippen LogP contribution in [-0.2, 0) is 20.9 Å². The van der Waals surface area contributed by atoms with Gasteiger partial charge < -0.3 is 14.2 Å². The molecular formula is C29H33NO5. The van der Waals surface area contributed by atoms with Gasteiger partial charge in [-0.15, -0.1) is 0 Å². The summed E-state index contributed by atoms with van der Waals surface area (Å²) in [6.07, 6.45) is 3.72. The number of ether oxygens (including phenoxy) is 3. The lowest BCUT2D eigenvalue weighted by molar-refractivity contribution is -0.146. The molecule has 0 saturated carbocycles. The molecule has 2 aliphatic rings. The van der Waals surface area contributed by atoms with Gasteiger partial charge in [0.1, 0.15) is 12.5 Å². The Morgan fingerprint density at radius 1 is 1.09 bits per heavy atom. The van der Waals surface area contributed by atoms with Crippen molar-refractivity contribution in [1.82, 2.24) is 0 Å². The van der Waals surface area contributed by atoms with Gasteiger partial charge in [0.25, 0.3) is 0 Å². The number of rotatable bonds is 9. The molecule has 4 rings (SSSR count).